The molecule has 27 heavy (non-hydrogen) atoms. The number of nitriles is 1. The third-order valence-corrected chi connectivity index (χ3v) is 4.76. The monoisotopic (exact) mass is 381 g/mol. The Morgan fingerprint density at radius 1 is 1.15 bits per heavy atom. The lowest BCUT2D eigenvalue weighted by molar-refractivity contribution is -0.118. The second-order valence-electron chi connectivity index (χ2n) is 6.01. The minimum atomic E-state index is -0.552. The summed E-state index contributed by atoms with van der Waals surface area (Å²) < 4.78 is 10.7. The minimum Gasteiger partial charge on any atom is -0.493 e. The molecule has 2 aromatic rings. The summed E-state index contributed by atoms with van der Waals surface area (Å²) in [6.45, 7) is 1.98. The van der Waals surface area contributed by atoms with E-state index in [9.17, 15) is 10.1 Å². The Kier molecular flexibility index (Phi) is 5.28. The van der Waals surface area contributed by atoms with Gasteiger partial charge in [-0.2, -0.15) is 5.26 Å². The summed E-state index contributed by atoms with van der Waals surface area (Å²) in [6, 6.07) is 15.1. The zero-order valence-electron chi connectivity index (χ0n) is 15.2. The molecule has 1 atom stereocenters. The third-order valence-electron chi connectivity index (χ3n) is 4.32. The average Bonchev–Trinajstić information content (AvgIpc) is 2.67. The van der Waals surface area contributed by atoms with Crippen LogP contribution in [0.25, 0.3) is 0 Å². The van der Waals surface area contributed by atoms with Crippen LogP contribution in [0.5, 0.6) is 11.5 Å². The molecule has 0 saturated heterocycles. The van der Waals surface area contributed by atoms with Gasteiger partial charge in [-0.15, -0.1) is 12.6 Å². The number of aryl methyl sites for hydroxylation is 1. The normalized spacial score (nSPS) is 16.6. The zero-order chi connectivity index (χ0) is 19.6. The Morgan fingerprint density at radius 2 is 1.89 bits per heavy atom. The van der Waals surface area contributed by atoms with Crippen LogP contribution in [0.4, 0.5) is 5.69 Å². The molecule has 0 saturated carbocycles. The molecule has 1 N–H and O–H groups in total. The number of hydrogen-bond donors (Lipinski definition) is 2. The topological polar surface area (TPSA) is 74.6 Å². The van der Waals surface area contributed by atoms with Gasteiger partial charge < -0.3 is 19.7 Å². The number of hydrogen-bond acceptors (Lipinski definition) is 6. The summed E-state index contributed by atoms with van der Waals surface area (Å²) in [5, 5.41) is 12.6. The first-order valence-electron chi connectivity index (χ1n) is 8.22. The Balaban J connectivity index is 2.17. The van der Waals surface area contributed by atoms with Crippen molar-refractivity contribution in [3.05, 3.63) is 64.2 Å². The number of nitrogens with zero attached hydrogens (tertiary/aromatic N) is 2. The van der Waals surface area contributed by atoms with Gasteiger partial charge in [-0.05, 0) is 42.3 Å². The van der Waals surface area contributed by atoms with Gasteiger partial charge in [0.25, 0.3) is 5.91 Å². The highest BCUT2D eigenvalue weighted by molar-refractivity contribution is 7.84. The second kappa shape index (κ2) is 7.64. The molecule has 7 heteroatoms. The van der Waals surface area contributed by atoms with E-state index in [1.54, 1.807) is 26.4 Å². The molecule has 0 bridgehead atoms. The van der Waals surface area contributed by atoms with E-state index in [2.05, 4.69) is 17.9 Å². The van der Waals surface area contributed by atoms with E-state index >= 15 is 0 Å². The van der Waals surface area contributed by atoms with Gasteiger partial charge in [0.15, 0.2) is 11.5 Å². The number of carbonyl (C=O) groups is 1. The Morgan fingerprint density at radius 3 is 2.52 bits per heavy atom. The number of carbonyl (C=O) groups excluding carboxylic acids is 1. The van der Waals surface area contributed by atoms with E-state index in [0.717, 1.165) is 16.8 Å². The predicted octanol–water partition coefficient (Wildman–Crippen LogP) is 3.31. The van der Waals surface area contributed by atoms with Crippen LogP contribution in [-0.4, -0.2) is 20.1 Å². The van der Waals surface area contributed by atoms with Crippen LogP contribution >= 0.6 is 12.6 Å². The van der Waals surface area contributed by atoms with Crippen LogP contribution in [0.15, 0.2) is 53.1 Å². The summed E-state index contributed by atoms with van der Waals surface area (Å²) in [5.41, 5.74) is 2.60. The number of rotatable bonds is 4. The van der Waals surface area contributed by atoms with Crippen LogP contribution in [0.2, 0.25) is 0 Å². The van der Waals surface area contributed by atoms with Gasteiger partial charge in [0.2, 0.25) is 0 Å². The van der Waals surface area contributed by atoms with Crippen molar-refractivity contribution in [2.24, 2.45) is 0 Å². The first kappa shape index (κ1) is 18.7. The fourth-order valence-electron chi connectivity index (χ4n) is 3.01. The molecule has 0 spiro atoms. The van der Waals surface area contributed by atoms with E-state index in [-0.39, 0.29) is 5.57 Å². The molecule has 138 valence electrons. The van der Waals surface area contributed by atoms with Crippen LogP contribution in [0, 0.1) is 18.3 Å². The van der Waals surface area contributed by atoms with E-state index in [1.807, 2.05) is 48.2 Å². The fourth-order valence-corrected chi connectivity index (χ4v) is 3.39. The van der Waals surface area contributed by atoms with Crippen LogP contribution < -0.4 is 19.7 Å². The quantitative estimate of drug-likeness (QED) is 0.795. The molecule has 2 aromatic carbocycles. The third kappa shape index (κ3) is 3.44. The Bertz CT molecular complexity index is 965. The molecule has 3 rings (SSSR count). The maximum absolute atomic E-state index is 12.4. The predicted molar refractivity (Wildman–Crippen MR) is 106 cm³/mol. The number of amides is 1. The molecular formula is C20H19N3O3S. The summed E-state index contributed by atoms with van der Waals surface area (Å²) in [6.07, 6.45) is -0.552. The van der Waals surface area contributed by atoms with Gasteiger partial charge in [-0.3, -0.25) is 4.79 Å². The van der Waals surface area contributed by atoms with E-state index in [1.165, 1.54) is 0 Å². The molecule has 0 unspecified atom stereocenters. The van der Waals surface area contributed by atoms with Crippen molar-refractivity contribution in [2.45, 2.75) is 13.1 Å². The number of thiol groups is 1. The lowest BCUT2D eigenvalue weighted by Crippen LogP contribution is -2.46. The summed E-state index contributed by atoms with van der Waals surface area (Å²) in [5.74, 6) is 0.667. The van der Waals surface area contributed by atoms with Crippen LogP contribution in [0.3, 0.4) is 0 Å². The van der Waals surface area contributed by atoms with Crippen LogP contribution in [0.1, 0.15) is 17.3 Å². The molecule has 0 aliphatic carbocycles. The van der Waals surface area contributed by atoms with Crippen molar-refractivity contribution < 1.29 is 14.3 Å². The van der Waals surface area contributed by atoms with Gasteiger partial charge in [0.05, 0.1) is 19.2 Å². The molecule has 6 nitrogen and oxygen atoms in total. The molecule has 0 aromatic heterocycles. The van der Waals surface area contributed by atoms with E-state index in [4.69, 9.17) is 9.47 Å². The van der Waals surface area contributed by atoms with Gasteiger partial charge >= 0.3 is 0 Å². The number of nitrogens with one attached hydrogen (secondary N) is 1. The average molecular weight is 381 g/mol. The number of anilines is 1. The van der Waals surface area contributed by atoms with Crippen LogP contribution in [-0.2, 0) is 4.79 Å². The Labute approximate surface area is 163 Å². The molecule has 0 fully saturated rings. The van der Waals surface area contributed by atoms with Gasteiger partial charge in [0, 0.05) is 5.69 Å². The lowest BCUT2D eigenvalue weighted by Gasteiger charge is -2.38. The van der Waals surface area contributed by atoms with Crippen molar-refractivity contribution >= 4 is 24.2 Å². The highest BCUT2D eigenvalue weighted by atomic mass is 32.1. The van der Waals surface area contributed by atoms with Gasteiger partial charge in [0.1, 0.15) is 17.8 Å². The minimum absolute atomic E-state index is 0.0310. The molecule has 1 aliphatic heterocycles. The molecule has 1 heterocycles. The van der Waals surface area contributed by atoms with E-state index in [0.29, 0.717) is 16.5 Å². The molecule has 1 aliphatic rings. The second-order valence-corrected chi connectivity index (χ2v) is 6.43. The zero-order valence-corrected chi connectivity index (χ0v) is 16.1. The molecular weight excluding hydrogens is 362 g/mol. The fraction of sp³-hybridized carbons (Fsp3) is 0.200. The largest absolute Gasteiger partial charge is 0.493 e. The number of ether oxygens (including phenoxy) is 2. The number of methoxy groups -OCH3 is 2. The van der Waals surface area contributed by atoms with E-state index < -0.39 is 12.1 Å². The SMILES string of the molecule is COc1ccc([C@@H]2NC(=O)C(C#N)=C(S)N2c2cccc(C)c2)cc1OC. The molecule has 0 radical (unpaired) electrons. The van der Waals surface area contributed by atoms with Crippen molar-refractivity contribution in [3.8, 4) is 17.6 Å². The van der Waals surface area contributed by atoms with Crippen molar-refractivity contribution in [2.75, 3.05) is 19.1 Å². The highest BCUT2D eigenvalue weighted by Gasteiger charge is 2.34. The lowest BCUT2D eigenvalue weighted by atomic mass is 10.1. The smallest absolute Gasteiger partial charge is 0.266 e. The summed E-state index contributed by atoms with van der Waals surface area (Å²) in [7, 11) is 3.11. The maximum atomic E-state index is 12.4. The highest BCUT2D eigenvalue weighted by Crippen LogP contribution is 2.38. The van der Waals surface area contributed by atoms with Gasteiger partial charge in [-0.25, -0.2) is 0 Å². The standard InChI is InChI=1S/C20H19N3O3S/c1-12-5-4-6-14(9-12)23-18(22-19(24)15(11-21)20(23)27)13-7-8-16(25-2)17(10-13)26-3/h4-10,18,27H,1-3H3,(H,22,24)/t18-/m1/s1. The first-order chi connectivity index (χ1) is 13.0. The first-order valence-corrected chi connectivity index (χ1v) is 8.67. The van der Waals surface area contributed by atoms with Crippen molar-refractivity contribution in [1.29, 1.82) is 5.26 Å². The Hall–Kier alpha value is -3.11. The summed E-state index contributed by atoms with van der Waals surface area (Å²) >= 11 is 4.50. The molecule has 1 amide bonds. The van der Waals surface area contributed by atoms with Crippen molar-refractivity contribution in [1.82, 2.24) is 5.32 Å². The number of benzene rings is 2. The maximum Gasteiger partial charge on any atom is 0.266 e. The summed E-state index contributed by atoms with van der Waals surface area (Å²) in [4.78, 5) is 14.2. The van der Waals surface area contributed by atoms with Gasteiger partial charge in [-0.1, -0.05) is 18.2 Å². The van der Waals surface area contributed by atoms with Crippen molar-refractivity contribution in [3.63, 3.8) is 0 Å².